The summed E-state index contributed by atoms with van der Waals surface area (Å²) in [5, 5.41) is 9.83. The maximum atomic E-state index is 12.9. The van der Waals surface area contributed by atoms with E-state index >= 15 is 0 Å². The molecule has 4 rings (SSSR count). The van der Waals surface area contributed by atoms with Crippen LogP contribution < -0.4 is 5.32 Å². The van der Waals surface area contributed by atoms with Crippen molar-refractivity contribution in [3.8, 4) is 16.9 Å². The molecule has 0 atom stereocenters. The fourth-order valence-electron chi connectivity index (χ4n) is 2.95. The molecule has 0 aliphatic carbocycles. The van der Waals surface area contributed by atoms with Crippen molar-refractivity contribution < 1.29 is 4.79 Å². The smallest absolute Gasteiger partial charge is 0.270 e. The lowest BCUT2D eigenvalue weighted by molar-refractivity contribution is 0.0948. The summed E-state index contributed by atoms with van der Waals surface area (Å²) < 4.78 is 1.72. The monoisotopic (exact) mass is 419 g/mol. The van der Waals surface area contributed by atoms with Gasteiger partial charge in [0.25, 0.3) is 5.91 Å². The highest BCUT2D eigenvalue weighted by molar-refractivity contribution is 7.98. The van der Waals surface area contributed by atoms with Crippen LogP contribution in [0.4, 0.5) is 0 Å². The Kier molecular flexibility index (Phi) is 6.44. The number of nitrogens with one attached hydrogen (secondary N) is 1. The van der Waals surface area contributed by atoms with Gasteiger partial charge in [-0.15, -0.1) is 11.3 Å². The molecule has 146 valence electrons. The molecule has 2 heterocycles. The minimum absolute atomic E-state index is 0.111. The summed E-state index contributed by atoms with van der Waals surface area (Å²) in [6.45, 7) is 0.621. The van der Waals surface area contributed by atoms with Gasteiger partial charge in [0.05, 0.1) is 11.4 Å². The van der Waals surface area contributed by atoms with E-state index in [0.29, 0.717) is 12.2 Å². The number of hydrogen-bond acceptors (Lipinski definition) is 4. The number of nitrogens with zero attached hydrogens (tertiary/aromatic N) is 2. The van der Waals surface area contributed by atoms with Crippen molar-refractivity contribution in [1.82, 2.24) is 15.1 Å². The van der Waals surface area contributed by atoms with Crippen molar-refractivity contribution in [2.45, 2.75) is 5.75 Å². The molecular formula is C23H21N3OS2. The molecule has 0 bridgehead atoms. The Bertz CT molecular complexity index is 1040. The molecule has 0 aliphatic heterocycles. The van der Waals surface area contributed by atoms with Crippen LogP contribution in [0.5, 0.6) is 0 Å². The standard InChI is InChI=1S/C23H21N3OS2/c27-23(24-13-15-28-17-20-12-7-14-29-20)22-16-21(18-8-3-1-4-9-18)25-26(22)19-10-5-2-6-11-19/h1-12,14,16H,13,15,17H2,(H,24,27). The van der Waals surface area contributed by atoms with Gasteiger partial charge in [0.2, 0.25) is 0 Å². The van der Waals surface area contributed by atoms with Crippen molar-refractivity contribution in [3.63, 3.8) is 0 Å². The van der Waals surface area contributed by atoms with Gasteiger partial charge in [-0.3, -0.25) is 4.79 Å². The minimum Gasteiger partial charge on any atom is -0.350 e. The van der Waals surface area contributed by atoms with Gasteiger partial charge in [-0.25, -0.2) is 4.68 Å². The van der Waals surface area contributed by atoms with Gasteiger partial charge in [0.15, 0.2) is 0 Å². The molecule has 1 amide bonds. The summed E-state index contributed by atoms with van der Waals surface area (Å²) in [6.07, 6.45) is 0. The average Bonchev–Trinajstić information content (AvgIpc) is 3.45. The molecule has 0 fully saturated rings. The molecule has 6 heteroatoms. The molecule has 4 aromatic rings. The molecule has 4 nitrogen and oxygen atoms in total. The number of para-hydroxylation sites is 1. The second-order valence-electron chi connectivity index (χ2n) is 6.42. The predicted molar refractivity (Wildman–Crippen MR) is 122 cm³/mol. The molecule has 0 saturated heterocycles. The lowest BCUT2D eigenvalue weighted by Gasteiger charge is -2.08. The van der Waals surface area contributed by atoms with Crippen molar-refractivity contribution >= 4 is 29.0 Å². The van der Waals surface area contributed by atoms with Crippen LogP contribution in [-0.4, -0.2) is 28.0 Å². The van der Waals surface area contributed by atoms with Gasteiger partial charge in [-0.1, -0.05) is 54.6 Å². The Hall–Kier alpha value is -2.83. The molecule has 1 N–H and O–H groups in total. The molecule has 29 heavy (non-hydrogen) atoms. The number of rotatable bonds is 8. The van der Waals surface area contributed by atoms with E-state index in [2.05, 4.69) is 22.8 Å². The predicted octanol–water partition coefficient (Wildman–Crippen LogP) is 5.26. The topological polar surface area (TPSA) is 46.9 Å². The fraction of sp³-hybridized carbons (Fsp3) is 0.130. The third-order valence-corrected chi connectivity index (χ3v) is 6.44. The average molecular weight is 420 g/mol. The Labute approximate surface area is 178 Å². The number of hydrogen-bond donors (Lipinski definition) is 1. The van der Waals surface area contributed by atoms with E-state index in [9.17, 15) is 4.79 Å². The zero-order chi connectivity index (χ0) is 19.9. The SMILES string of the molecule is O=C(NCCSCc1cccs1)c1cc(-c2ccccc2)nn1-c1ccccc1. The van der Waals surface area contributed by atoms with Crippen LogP contribution in [0.1, 0.15) is 15.4 Å². The summed E-state index contributed by atoms with van der Waals surface area (Å²) in [5.74, 6) is 1.74. The Morgan fingerprint density at radius 2 is 1.76 bits per heavy atom. The first-order valence-electron chi connectivity index (χ1n) is 9.40. The maximum absolute atomic E-state index is 12.9. The third-order valence-electron chi connectivity index (χ3n) is 4.37. The molecule has 2 aromatic heterocycles. The van der Waals surface area contributed by atoms with Gasteiger partial charge in [-0.05, 0) is 29.6 Å². The highest BCUT2D eigenvalue weighted by atomic mass is 32.2. The van der Waals surface area contributed by atoms with Crippen molar-refractivity contribution in [1.29, 1.82) is 0 Å². The van der Waals surface area contributed by atoms with Gasteiger partial charge in [0.1, 0.15) is 5.69 Å². The van der Waals surface area contributed by atoms with E-state index in [4.69, 9.17) is 5.10 Å². The van der Waals surface area contributed by atoms with Crippen LogP contribution >= 0.6 is 23.1 Å². The van der Waals surface area contributed by atoms with Crippen LogP contribution in [0.25, 0.3) is 16.9 Å². The Morgan fingerprint density at radius 3 is 2.48 bits per heavy atom. The second-order valence-corrected chi connectivity index (χ2v) is 8.55. The third kappa shape index (κ3) is 4.96. The van der Waals surface area contributed by atoms with Crippen LogP contribution in [-0.2, 0) is 5.75 Å². The van der Waals surface area contributed by atoms with E-state index in [1.54, 1.807) is 16.0 Å². The highest BCUT2D eigenvalue weighted by Gasteiger charge is 2.17. The Morgan fingerprint density at radius 1 is 1.00 bits per heavy atom. The van der Waals surface area contributed by atoms with Gasteiger partial charge in [-0.2, -0.15) is 16.9 Å². The lowest BCUT2D eigenvalue weighted by Crippen LogP contribution is -2.27. The summed E-state index contributed by atoms with van der Waals surface area (Å²) in [7, 11) is 0. The largest absolute Gasteiger partial charge is 0.350 e. The molecule has 0 radical (unpaired) electrons. The first-order chi connectivity index (χ1) is 14.3. The number of thioether (sulfide) groups is 1. The first-order valence-corrected chi connectivity index (χ1v) is 11.4. The summed E-state index contributed by atoms with van der Waals surface area (Å²) in [5.41, 5.74) is 3.18. The molecule has 0 spiro atoms. The number of amides is 1. The number of carbonyl (C=O) groups is 1. The van der Waals surface area contributed by atoms with Crippen molar-refractivity contribution in [3.05, 3.63) is 94.8 Å². The zero-order valence-corrected chi connectivity index (χ0v) is 17.5. The zero-order valence-electron chi connectivity index (χ0n) is 15.8. The van der Waals surface area contributed by atoms with Crippen LogP contribution in [0, 0.1) is 0 Å². The van der Waals surface area contributed by atoms with Crippen LogP contribution in [0.2, 0.25) is 0 Å². The normalized spacial score (nSPS) is 10.8. The first kappa shape index (κ1) is 19.5. The van der Waals surface area contributed by atoms with Gasteiger partial charge >= 0.3 is 0 Å². The highest BCUT2D eigenvalue weighted by Crippen LogP contribution is 2.22. The van der Waals surface area contributed by atoms with Gasteiger partial charge in [0, 0.05) is 28.5 Å². The summed E-state index contributed by atoms with van der Waals surface area (Å²) in [4.78, 5) is 14.3. The molecule has 2 aromatic carbocycles. The summed E-state index contributed by atoms with van der Waals surface area (Å²) in [6, 6.07) is 25.7. The number of thiophene rings is 1. The second kappa shape index (κ2) is 9.58. The number of aromatic nitrogens is 2. The quantitative estimate of drug-likeness (QED) is 0.396. The van der Waals surface area contributed by atoms with E-state index in [0.717, 1.165) is 28.5 Å². The van der Waals surface area contributed by atoms with Crippen LogP contribution in [0.15, 0.2) is 84.2 Å². The van der Waals surface area contributed by atoms with Crippen LogP contribution in [0.3, 0.4) is 0 Å². The Balaban J connectivity index is 1.47. The number of carbonyl (C=O) groups excluding carboxylic acids is 1. The lowest BCUT2D eigenvalue weighted by atomic mass is 10.1. The fourth-order valence-corrected chi connectivity index (χ4v) is 4.65. The number of benzene rings is 2. The molecular weight excluding hydrogens is 398 g/mol. The minimum atomic E-state index is -0.111. The summed E-state index contributed by atoms with van der Waals surface area (Å²) >= 11 is 3.59. The van der Waals surface area contributed by atoms with E-state index in [1.807, 2.05) is 78.5 Å². The maximum Gasteiger partial charge on any atom is 0.270 e. The van der Waals surface area contributed by atoms with E-state index in [1.165, 1.54) is 4.88 Å². The molecule has 0 saturated carbocycles. The van der Waals surface area contributed by atoms with Crippen molar-refractivity contribution in [2.24, 2.45) is 0 Å². The van der Waals surface area contributed by atoms with E-state index in [-0.39, 0.29) is 5.91 Å². The van der Waals surface area contributed by atoms with Gasteiger partial charge < -0.3 is 5.32 Å². The molecule has 0 unspecified atom stereocenters. The molecule has 0 aliphatic rings. The van der Waals surface area contributed by atoms with Crippen molar-refractivity contribution in [2.75, 3.05) is 12.3 Å². The van der Waals surface area contributed by atoms with E-state index < -0.39 is 0 Å².